The Morgan fingerprint density at radius 1 is 0.217 bits per heavy atom. The third-order valence-electron chi connectivity index (χ3n) is 4.50. The van der Waals surface area contributed by atoms with E-state index in [9.17, 15) is 0 Å². The van der Waals surface area contributed by atoms with Gasteiger partial charge < -0.3 is 0 Å². The van der Waals surface area contributed by atoms with Crippen molar-refractivity contribution in [2.75, 3.05) is 0 Å². The van der Waals surface area contributed by atoms with Gasteiger partial charge in [-0.2, -0.15) is 0 Å². The van der Waals surface area contributed by atoms with Gasteiger partial charge in [0.25, 0.3) is 0 Å². The van der Waals surface area contributed by atoms with Gasteiger partial charge in [-0.3, -0.25) is 0 Å². The number of hydrogen-bond acceptors (Lipinski definition) is 0. The van der Waals surface area contributed by atoms with Crippen molar-refractivity contribution in [1.29, 1.82) is 0 Å². The first-order valence-electron chi connectivity index (χ1n) is 9.00. The summed E-state index contributed by atoms with van der Waals surface area (Å²) < 4.78 is 0. The van der Waals surface area contributed by atoms with E-state index in [1.165, 1.54) is 116 Å². The van der Waals surface area contributed by atoms with Gasteiger partial charge in [0.15, 0.2) is 0 Å². The summed E-state index contributed by atoms with van der Waals surface area (Å²) in [6.45, 7) is 0. The van der Waals surface area contributed by atoms with Gasteiger partial charge in [-0.1, -0.05) is 145 Å². The van der Waals surface area contributed by atoms with Gasteiger partial charge >= 0.3 is 0 Å². The van der Waals surface area contributed by atoms with E-state index in [4.69, 9.17) is 0 Å². The van der Waals surface area contributed by atoms with E-state index < -0.39 is 0 Å². The summed E-state index contributed by atoms with van der Waals surface area (Å²) >= 11 is 0. The lowest BCUT2D eigenvalue weighted by Crippen LogP contribution is -1.85. The molecule has 23 heavy (non-hydrogen) atoms. The molecule has 0 nitrogen and oxygen atoms in total. The molecule has 3 aliphatic carbocycles. The zero-order valence-corrected chi connectivity index (χ0v) is 13.3. The van der Waals surface area contributed by atoms with Crippen LogP contribution in [0.4, 0.5) is 0 Å². The van der Waals surface area contributed by atoms with Crippen LogP contribution in [0.15, 0.2) is 0 Å². The molecule has 3 fully saturated rings. The maximum atomic E-state index is 1.50. The summed E-state index contributed by atoms with van der Waals surface area (Å²) in [5.74, 6) is 0. The van der Waals surface area contributed by atoms with E-state index in [1.807, 2.05) is 0 Å². The minimum absolute atomic E-state index is 0. The number of hydrogen-bond donors (Lipinski definition) is 0. The van der Waals surface area contributed by atoms with Gasteiger partial charge in [-0.05, 0) is 0 Å². The average Bonchev–Trinajstić information content (AvgIpc) is 2.54. The van der Waals surface area contributed by atoms with E-state index >= 15 is 0 Å². The Bertz CT molecular complexity index is 87.0. The maximum Gasteiger partial charge on any atom is 0 e. The zero-order valence-electron chi connectivity index (χ0n) is 13.3. The van der Waals surface area contributed by atoms with Crippen molar-refractivity contribution in [3.63, 3.8) is 0 Å². The Hall–Kier alpha value is 0.0649. The predicted octanol–water partition coefficient (Wildman–Crippen LogP) is 9.43. The third kappa shape index (κ3) is 27.2. The monoisotopic (exact) mass is 330 g/mol. The van der Waals surface area contributed by atoms with Crippen LogP contribution in [0.2, 0.25) is 0 Å². The van der Waals surface area contributed by atoms with Gasteiger partial charge in [-0.15, -0.1) is 0 Å². The molecule has 0 amide bonds. The molecule has 0 aliphatic heterocycles. The summed E-state index contributed by atoms with van der Waals surface area (Å²) in [5, 5.41) is 0. The lowest BCUT2D eigenvalue weighted by atomic mass is 10.0. The van der Waals surface area contributed by atoms with Gasteiger partial charge in [0.2, 0.25) is 0 Å². The smallest absolute Gasteiger partial charge is 0 e. The van der Waals surface area contributed by atoms with Crippen molar-refractivity contribution in [3.8, 4) is 0 Å². The fourth-order valence-electron chi connectivity index (χ4n) is 3.18. The maximum absolute atomic E-state index is 1.50. The molecule has 0 bridgehead atoms. The second kappa shape index (κ2) is 30.0. The van der Waals surface area contributed by atoms with Crippen molar-refractivity contribution in [2.45, 2.75) is 145 Å². The molecule has 0 heterocycles. The van der Waals surface area contributed by atoms with Crippen LogP contribution in [-0.2, 0) is 0 Å². The standard InChI is InChI=1S/3C6H12.4CH4.B.H2/c3*1-2-4-6-5-3-1;;;;;;/h3*1-6H2;4*1H4;;1H/i;;;;;;;;1+1. The summed E-state index contributed by atoms with van der Waals surface area (Å²) in [5.41, 5.74) is 0. The van der Waals surface area contributed by atoms with Crippen molar-refractivity contribution >= 4 is 8.41 Å². The van der Waals surface area contributed by atoms with Crippen LogP contribution >= 0.6 is 0 Å². The van der Waals surface area contributed by atoms with Crippen molar-refractivity contribution in [2.24, 2.45) is 0 Å². The Morgan fingerprint density at radius 3 is 0.304 bits per heavy atom. The van der Waals surface area contributed by atoms with Crippen molar-refractivity contribution in [3.05, 3.63) is 0 Å². The molecule has 0 aromatic rings. The first-order chi connectivity index (χ1) is 9.00. The second-order valence-electron chi connectivity index (χ2n) is 6.36. The summed E-state index contributed by atoms with van der Waals surface area (Å²) in [7, 11) is 0. The molecule has 3 rings (SSSR count). The topological polar surface area (TPSA) is 0 Å². The van der Waals surface area contributed by atoms with E-state index in [2.05, 4.69) is 0 Å². The molecule has 0 aromatic heterocycles. The minimum atomic E-state index is 0. The summed E-state index contributed by atoms with van der Waals surface area (Å²) in [6, 6.07) is 0. The summed E-state index contributed by atoms with van der Waals surface area (Å²) in [4.78, 5) is 0. The second-order valence-corrected chi connectivity index (χ2v) is 6.36. The van der Waals surface area contributed by atoms with E-state index in [1.54, 1.807) is 0 Å². The molecule has 0 N–H and O–H groups in total. The highest BCUT2D eigenvalue weighted by Gasteiger charge is 1.96. The molecule has 3 aliphatic rings. The van der Waals surface area contributed by atoms with Crippen LogP contribution in [0.5, 0.6) is 0 Å². The van der Waals surface area contributed by atoms with Gasteiger partial charge in [0.05, 0.1) is 0 Å². The highest BCUT2D eigenvalue weighted by molar-refractivity contribution is 5.75. The Balaban J connectivity index is -0.0000000450. The summed E-state index contributed by atoms with van der Waals surface area (Å²) in [6.07, 6.45) is 27.0. The van der Waals surface area contributed by atoms with Crippen LogP contribution in [0.1, 0.15) is 147 Å². The highest BCUT2D eigenvalue weighted by Crippen LogP contribution is 2.16. The van der Waals surface area contributed by atoms with Crippen LogP contribution < -0.4 is 0 Å². The Morgan fingerprint density at radius 2 is 0.261 bits per heavy atom. The lowest BCUT2D eigenvalue weighted by Gasteiger charge is -2.05. The van der Waals surface area contributed by atoms with Crippen LogP contribution in [0.3, 0.4) is 0 Å². The Kier molecular flexibility index (Phi) is 44.9. The first kappa shape index (κ1) is 34.4. The van der Waals surface area contributed by atoms with Crippen molar-refractivity contribution < 1.29 is 1.43 Å². The predicted molar refractivity (Wildman–Crippen MR) is 118 cm³/mol. The quantitative estimate of drug-likeness (QED) is 0.388. The van der Waals surface area contributed by atoms with E-state index in [-0.39, 0.29) is 39.5 Å². The van der Waals surface area contributed by atoms with Crippen LogP contribution in [0, 0.1) is 0 Å². The molecular formula is C22H54B. The average molecular weight is 330 g/mol. The molecule has 3 saturated carbocycles. The Labute approximate surface area is 155 Å². The van der Waals surface area contributed by atoms with Gasteiger partial charge in [0, 0.05) is 9.84 Å². The first-order valence-corrected chi connectivity index (χ1v) is 9.00. The molecule has 0 unspecified atom stereocenters. The molecule has 0 saturated heterocycles. The molecule has 0 atom stereocenters. The largest absolute Gasteiger partial charge is 0.0776 e. The van der Waals surface area contributed by atoms with Gasteiger partial charge in [0.1, 0.15) is 0 Å². The van der Waals surface area contributed by atoms with Gasteiger partial charge in [-0.25, -0.2) is 0 Å². The molecule has 3 radical (unpaired) electrons. The fraction of sp³-hybridized carbons (Fsp3) is 1.00. The van der Waals surface area contributed by atoms with E-state index in [0.717, 1.165) is 0 Å². The molecule has 0 aromatic carbocycles. The minimum Gasteiger partial charge on any atom is -0.0776 e. The van der Waals surface area contributed by atoms with Crippen LogP contribution in [0.25, 0.3) is 0 Å². The molecule has 145 valence electrons. The molecule has 1 heteroatoms. The third-order valence-corrected chi connectivity index (χ3v) is 4.50. The number of rotatable bonds is 0. The van der Waals surface area contributed by atoms with Crippen LogP contribution in [-0.4, -0.2) is 8.41 Å². The normalized spacial score (nSPS) is 18.8. The lowest BCUT2D eigenvalue weighted by molar-refractivity contribution is 0.504. The van der Waals surface area contributed by atoms with Crippen molar-refractivity contribution in [1.82, 2.24) is 0 Å². The fourth-order valence-corrected chi connectivity index (χ4v) is 3.18. The molecule has 0 spiro atoms. The SMILES string of the molecule is C.C.C.C.C1CCCCC1.C1CCCCC1.C1CCCCC1.[2HH].[B]. The zero-order chi connectivity index (χ0) is 12.7. The molecular weight excluding hydrogens is 275 g/mol. The highest BCUT2D eigenvalue weighted by atomic mass is 14.0. The van der Waals surface area contributed by atoms with E-state index in [0.29, 0.717) is 0 Å².